The van der Waals surface area contributed by atoms with Crippen molar-refractivity contribution in [1.29, 1.82) is 0 Å². The van der Waals surface area contributed by atoms with Gasteiger partial charge in [-0.05, 0) is 160 Å². The summed E-state index contributed by atoms with van der Waals surface area (Å²) in [7, 11) is 0. The van der Waals surface area contributed by atoms with Crippen LogP contribution in [-0.2, 0) is 0 Å². The van der Waals surface area contributed by atoms with Crippen LogP contribution in [0.25, 0.3) is 149 Å². The predicted octanol–water partition coefficient (Wildman–Crippen LogP) is 16.8. The molecule has 0 fully saturated rings. The van der Waals surface area contributed by atoms with E-state index in [4.69, 9.17) is 11.6 Å². The van der Waals surface area contributed by atoms with Crippen molar-refractivity contribution in [2.45, 2.75) is 0 Å². The van der Waals surface area contributed by atoms with E-state index in [1.807, 2.05) is 0 Å². The lowest BCUT2D eigenvalue weighted by Gasteiger charge is -2.19. The summed E-state index contributed by atoms with van der Waals surface area (Å²) < 4.78 is 0. The molecule has 68 heavy (non-hydrogen) atoms. The van der Waals surface area contributed by atoms with Crippen molar-refractivity contribution in [3.63, 3.8) is 0 Å². The Bertz CT molecular complexity index is 4450. The fourth-order valence-electron chi connectivity index (χ4n) is 11.6. The molecule has 0 spiro atoms. The van der Waals surface area contributed by atoms with Gasteiger partial charge in [0.05, 0.1) is 11.4 Å². The number of hydrogen-bond acceptors (Lipinski definition) is 1. The average Bonchev–Trinajstić information content (AvgIpc) is 3.90. The van der Waals surface area contributed by atoms with Crippen molar-refractivity contribution in [1.82, 2.24) is 4.98 Å². The smallest absolute Gasteiger partial charge is 0.0715 e. The van der Waals surface area contributed by atoms with Gasteiger partial charge in [-0.2, -0.15) is 0 Å². The van der Waals surface area contributed by atoms with Crippen molar-refractivity contribution in [2.75, 3.05) is 0 Å². The van der Waals surface area contributed by atoms with Crippen molar-refractivity contribution in [3.05, 3.63) is 241 Å². The lowest BCUT2D eigenvalue weighted by atomic mass is 9.83. The van der Waals surface area contributed by atoms with Gasteiger partial charge in [-0.3, -0.25) is 0 Å². The summed E-state index contributed by atoms with van der Waals surface area (Å²) in [4.78, 5) is 5.27. The summed E-state index contributed by atoms with van der Waals surface area (Å²) in [5.41, 5.74) is 10.9. The molecule has 1 nitrogen and oxygen atoms in total. The number of pyridine rings is 1. The molecule has 1 heterocycles. The van der Waals surface area contributed by atoms with Gasteiger partial charge in [0.25, 0.3) is 0 Å². The first-order chi connectivity index (χ1) is 33.6. The second kappa shape index (κ2) is 14.8. The SMILES string of the molecule is C=C(/C=c1/ccccc1=C)c1c2c(cc3c4ccccc4c4cccc2c43)c(-c2ccc3ccccc3c2)c2c3cccc4c(-c5cc(-c6ccccc6)nc(-c6ccccc6)c5)ccc(c12)c43. The lowest BCUT2D eigenvalue weighted by Crippen LogP contribution is -2.21. The van der Waals surface area contributed by atoms with Crippen LogP contribution in [0.5, 0.6) is 0 Å². The van der Waals surface area contributed by atoms with Crippen LogP contribution < -0.4 is 10.4 Å². The molecule has 1 heteroatoms. The third-order valence-corrected chi connectivity index (χ3v) is 14.5. The minimum atomic E-state index is 0.947. The zero-order valence-electron chi connectivity index (χ0n) is 37.2. The van der Waals surface area contributed by atoms with Crippen molar-refractivity contribution >= 4 is 104 Å². The summed E-state index contributed by atoms with van der Waals surface area (Å²) in [5, 5.41) is 22.0. The number of benzene rings is 11. The van der Waals surface area contributed by atoms with E-state index in [0.29, 0.717) is 0 Å². The molecule has 13 aromatic carbocycles. The Morgan fingerprint density at radius 1 is 0.353 bits per heavy atom. The van der Waals surface area contributed by atoms with Crippen molar-refractivity contribution in [3.8, 4) is 44.8 Å². The Kier molecular flexibility index (Phi) is 8.35. The van der Waals surface area contributed by atoms with Gasteiger partial charge in [-0.15, -0.1) is 0 Å². The number of rotatable bonds is 6. The van der Waals surface area contributed by atoms with Crippen LogP contribution >= 0.6 is 0 Å². The molecule has 0 aliphatic heterocycles. The number of hydrogen-bond donors (Lipinski definition) is 0. The quantitative estimate of drug-likeness (QED) is 0.152. The number of fused-ring (bicyclic) bond motifs is 9. The molecule has 0 N–H and O–H groups in total. The van der Waals surface area contributed by atoms with E-state index in [9.17, 15) is 0 Å². The van der Waals surface area contributed by atoms with Crippen LogP contribution in [0.15, 0.2) is 225 Å². The molecular formula is C67H41N. The van der Waals surface area contributed by atoms with Gasteiger partial charge in [-0.1, -0.05) is 207 Å². The van der Waals surface area contributed by atoms with Crippen LogP contribution in [0, 0.1) is 0 Å². The summed E-state index contributed by atoms with van der Waals surface area (Å²) >= 11 is 0. The molecule has 314 valence electrons. The van der Waals surface area contributed by atoms with E-state index in [2.05, 4.69) is 231 Å². The first-order valence-corrected chi connectivity index (χ1v) is 23.4. The topological polar surface area (TPSA) is 12.9 Å². The molecule has 14 aromatic rings. The Morgan fingerprint density at radius 3 is 1.66 bits per heavy atom. The molecule has 0 saturated heterocycles. The second-order valence-corrected chi connectivity index (χ2v) is 18.3. The Labute approximate surface area is 393 Å². The highest BCUT2D eigenvalue weighted by molar-refractivity contribution is 6.44. The van der Waals surface area contributed by atoms with Crippen molar-refractivity contribution < 1.29 is 0 Å². The summed E-state index contributed by atoms with van der Waals surface area (Å²) in [6.07, 6.45) is 2.26. The molecule has 0 aliphatic rings. The highest BCUT2D eigenvalue weighted by atomic mass is 14.7. The molecule has 0 aliphatic carbocycles. The molecule has 0 saturated carbocycles. The van der Waals surface area contributed by atoms with Gasteiger partial charge in [0.1, 0.15) is 0 Å². The van der Waals surface area contributed by atoms with E-state index < -0.39 is 0 Å². The number of nitrogens with zero attached hydrogens (tertiary/aromatic N) is 1. The van der Waals surface area contributed by atoms with Gasteiger partial charge in [0.2, 0.25) is 0 Å². The fourth-order valence-corrected chi connectivity index (χ4v) is 11.6. The van der Waals surface area contributed by atoms with Gasteiger partial charge < -0.3 is 0 Å². The summed E-state index contributed by atoms with van der Waals surface area (Å²) in [6, 6.07) is 79.7. The van der Waals surface area contributed by atoms with Gasteiger partial charge in [0, 0.05) is 11.1 Å². The highest BCUT2D eigenvalue weighted by Gasteiger charge is 2.27. The number of allylic oxidation sites excluding steroid dienone is 1. The lowest BCUT2D eigenvalue weighted by molar-refractivity contribution is 1.32. The molecule has 0 atom stereocenters. The van der Waals surface area contributed by atoms with Crippen LogP contribution in [0.3, 0.4) is 0 Å². The fraction of sp³-hybridized carbons (Fsp3) is 0. The Balaban J connectivity index is 1.18. The minimum absolute atomic E-state index is 0.947. The summed E-state index contributed by atoms with van der Waals surface area (Å²) in [6.45, 7) is 9.48. The van der Waals surface area contributed by atoms with E-state index in [1.165, 1.54) is 103 Å². The monoisotopic (exact) mass is 859 g/mol. The van der Waals surface area contributed by atoms with Crippen LogP contribution in [0.2, 0.25) is 0 Å². The molecule has 0 amide bonds. The first kappa shape index (κ1) is 38.4. The molecule has 14 rings (SSSR count). The standard InChI is InChI=1S/C67H41N/c1-40-17-9-10-23-45(40)35-41(2)61-65-54-29-16-28-53-50-25-13-14-26-51(50)57(64(53)54)39-58(65)62(47-32-31-42-18-11-12-24-46(42)36-47)67-55-30-15-27-52-49(33-34-56(63(52)55)66(61)67)48-37-59(43-19-5-3-6-20-43)68-60(38-48)44-21-7-4-8-22-44/h3-39H,1-2H2/b45-35-. The maximum absolute atomic E-state index is 5.27. The van der Waals surface area contributed by atoms with Crippen molar-refractivity contribution in [2.24, 2.45) is 0 Å². The highest BCUT2D eigenvalue weighted by Crippen LogP contribution is 2.54. The average molecular weight is 860 g/mol. The zero-order chi connectivity index (χ0) is 45.0. The largest absolute Gasteiger partial charge is 0.248 e. The Morgan fingerprint density at radius 2 is 0.926 bits per heavy atom. The normalized spacial score (nSPS) is 12.3. The number of aromatic nitrogens is 1. The molecule has 0 bridgehead atoms. The summed E-state index contributed by atoms with van der Waals surface area (Å²) in [5.74, 6) is 0. The molecular weight excluding hydrogens is 819 g/mol. The van der Waals surface area contributed by atoms with Gasteiger partial charge in [0.15, 0.2) is 0 Å². The molecule has 0 radical (unpaired) electrons. The van der Waals surface area contributed by atoms with Crippen LogP contribution in [-0.4, -0.2) is 4.98 Å². The Hall–Kier alpha value is -8.91. The van der Waals surface area contributed by atoms with E-state index in [1.54, 1.807) is 0 Å². The van der Waals surface area contributed by atoms with E-state index in [-0.39, 0.29) is 0 Å². The zero-order valence-corrected chi connectivity index (χ0v) is 37.2. The van der Waals surface area contributed by atoms with Crippen LogP contribution in [0.4, 0.5) is 0 Å². The van der Waals surface area contributed by atoms with Gasteiger partial charge >= 0.3 is 0 Å². The second-order valence-electron chi connectivity index (χ2n) is 18.3. The van der Waals surface area contributed by atoms with E-state index in [0.717, 1.165) is 49.7 Å². The molecule has 0 unspecified atom stereocenters. The van der Waals surface area contributed by atoms with Gasteiger partial charge in [-0.25, -0.2) is 4.98 Å². The third-order valence-electron chi connectivity index (χ3n) is 14.5. The van der Waals surface area contributed by atoms with Crippen LogP contribution in [0.1, 0.15) is 5.56 Å². The predicted molar refractivity (Wildman–Crippen MR) is 293 cm³/mol. The maximum atomic E-state index is 5.27. The first-order valence-electron chi connectivity index (χ1n) is 23.4. The third kappa shape index (κ3) is 5.66. The van der Waals surface area contributed by atoms with E-state index >= 15 is 0 Å². The minimum Gasteiger partial charge on any atom is -0.248 e. The molecule has 1 aromatic heterocycles. The maximum Gasteiger partial charge on any atom is 0.0715 e.